The van der Waals surface area contributed by atoms with Gasteiger partial charge < -0.3 is 20.3 Å². The molecule has 0 fully saturated rings. The van der Waals surface area contributed by atoms with Crippen LogP contribution >= 0.6 is 11.6 Å². The highest BCUT2D eigenvalue weighted by Gasteiger charge is 2.16. The van der Waals surface area contributed by atoms with E-state index >= 15 is 0 Å². The number of ether oxygens (including phenoxy) is 1. The number of nitrogens with one attached hydrogen (secondary N) is 1. The fourth-order valence-corrected chi connectivity index (χ4v) is 2.31. The summed E-state index contributed by atoms with van der Waals surface area (Å²) in [4.78, 5) is 0. The maximum absolute atomic E-state index is 10.3. The van der Waals surface area contributed by atoms with Crippen LogP contribution in [0.5, 0.6) is 11.5 Å². The highest BCUT2D eigenvalue weighted by Crippen LogP contribution is 2.26. The van der Waals surface area contributed by atoms with E-state index in [-0.39, 0.29) is 11.8 Å². The molecule has 0 bridgehead atoms. The Morgan fingerprint density at radius 2 is 1.86 bits per heavy atom. The molecule has 118 valence electrons. The molecule has 0 spiro atoms. The number of hydrogen-bond donors (Lipinski definition) is 3. The number of hydrogen-bond acceptors (Lipinski definition) is 4. The van der Waals surface area contributed by atoms with E-state index in [1.807, 2.05) is 25.1 Å². The Bertz CT molecular complexity index is 616. The van der Waals surface area contributed by atoms with Crippen LogP contribution in [0.1, 0.15) is 24.2 Å². The summed E-state index contributed by atoms with van der Waals surface area (Å²) >= 11 is 5.85. The molecule has 0 heterocycles. The molecule has 0 aliphatic carbocycles. The summed E-state index contributed by atoms with van der Waals surface area (Å²) in [7, 11) is 1.51. The smallest absolute Gasteiger partial charge is 0.160 e. The molecule has 2 aromatic rings. The van der Waals surface area contributed by atoms with Gasteiger partial charge >= 0.3 is 0 Å². The largest absolute Gasteiger partial charge is 0.504 e. The number of methoxy groups -OCH3 is 1. The zero-order valence-electron chi connectivity index (χ0n) is 12.6. The quantitative estimate of drug-likeness (QED) is 0.764. The second-order valence-electron chi connectivity index (χ2n) is 5.17. The molecule has 0 radical (unpaired) electrons. The molecule has 0 amide bonds. The summed E-state index contributed by atoms with van der Waals surface area (Å²) in [5.74, 6) is 0.547. The summed E-state index contributed by atoms with van der Waals surface area (Å²) < 4.78 is 5.01. The molecule has 0 aromatic heterocycles. The van der Waals surface area contributed by atoms with E-state index in [1.54, 1.807) is 24.3 Å². The van der Waals surface area contributed by atoms with Crippen molar-refractivity contribution in [1.29, 1.82) is 0 Å². The van der Waals surface area contributed by atoms with Gasteiger partial charge in [-0.2, -0.15) is 0 Å². The van der Waals surface area contributed by atoms with Crippen LogP contribution in [-0.4, -0.2) is 23.4 Å². The number of aliphatic hydroxyl groups excluding tert-OH is 1. The number of halogens is 1. The number of benzene rings is 2. The topological polar surface area (TPSA) is 61.7 Å². The Balaban J connectivity index is 1.95. The van der Waals surface area contributed by atoms with Crippen LogP contribution < -0.4 is 10.1 Å². The third-order valence-corrected chi connectivity index (χ3v) is 3.81. The lowest BCUT2D eigenvalue weighted by atomic mass is 10.0. The van der Waals surface area contributed by atoms with Crippen LogP contribution in [0.4, 0.5) is 0 Å². The zero-order valence-corrected chi connectivity index (χ0v) is 13.3. The minimum absolute atomic E-state index is 0.104. The van der Waals surface area contributed by atoms with Gasteiger partial charge in [-0.15, -0.1) is 0 Å². The van der Waals surface area contributed by atoms with Crippen LogP contribution in [0.2, 0.25) is 5.02 Å². The first-order valence-corrected chi connectivity index (χ1v) is 7.42. The van der Waals surface area contributed by atoms with Crippen LogP contribution in [0, 0.1) is 0 Å². The van der Waals surface area contributed by atoms with Crippen molar-refractivity contribution in [2.45, 2.75) is 25.6 Å². The van der Waals surface area contributed by atoms with Gasteiger partial charge in [-0.05, 0) is 42.3 Å². The summed E-state index contributed by atoms with van der Waals surface area (Å²) in [6.45, 7) is 2.44. The second kappa shape index (κ2) is 7.49. The maximum atomic E-state index is 10.3. The fraction of sp³-hybridized carbons (Fsp3) is 0.294. The molecule has 0 saturated heterocycles. The average molecular weight is 322 g/mol. The SMILES string of the molecule is COc1ccc(CNC(C)C(O)c2ccc(Cl)cc2)cc1O. The number of phenolic OH excluding ortho intramolecular Hbond substituents is 1. The molecule has 2 atom stereocenters. The van der Waals surface area contributed by atoms with Crippen molar-refractivity contribution in [3.05, 3.63) is 58.6 Å². The molecule has 2 aromatic carbocycles. The number of phenols is 1. The monoisotopic (exact) mass is 321 g/mol. The lowest BCUT2D eigenvalue weighted by molar-refractivity contribution is 0.135. The van der Waals surface area contributed by atoms with E-state index < -0.39 is 6.10 Å². The summed E-state index contributed by atoms with van der Waals surface area (Å²) in [6.07, 6.45) is -0.635. The molecular weight excluding hydrogens is 302 g/mol. The Labute approximate surface area is 135 Å². The van der Waals surface area contributed by atoms with E-state index in [9.17, 15) is 10.2 Å². The van der Waals surface area contributed by atoms with Gasteiger partial charge in [0.1, 0.15) is 0 Å². The second-order valence-corrected chi connectivity index (χ2v) is 5.61. The van der Waals surface area contributed by atoms with Crippen molar-refractivity contribution in [2.24, 2.45) is 0 Å². The van der Waals surface area contributed by atoms with Crippen LogP contribution in [0.3, 0.4) is 0 Å². The van der Waals surface area contributed by atoms with E-state index in [4.69, 9.17) is 16.3 Å². The summed E-state index contributed by atoms with van der Waals surface area (Å²) in [5.41, 5.74) is 1.72. The van der Waals surface area contributed by atoms with E-state index in [0.717, 1.165) is 11.1 Å². The van der Waals surface area contributed by atoms with Crippen LogP contribution in [0.25, 0.3) is 0 Å². The Hall–Kier alpha value is -1.75. The first-order chi connectivity index (χ1) is 10.5. The molecule has 22 heavy (non-hydrogen) atoms. The van der Waals surface area contributed by atoms with Gasteiger partial charge in [0.15, 0.2) is 11.5 Å². The molecule has 0 saturated carbocycles. The van der Waals surface area contributed by atoms with E-state index in [0.29, 0.717) is 17.3 Å². The number of aromatic hydroxyl groups is 1. The third kappa shape index (κ3) is 4.13. The van der Waals surface area contributed by atoms with Crippen molar-refractivity contribution in [1.82, 2.24) is 5.32 Å². The van der Waals surface area contributed by atoms with E-state index in [2.05, 4.69) is 5.32 Å². The van der Waals surface area contributed by atoms with Crippen molar-refractivity contribution in [3.63, 3.8) is 0 Å². The highest BCUT2D eigenvalue weighted by atomic mass is 35.5. The molecular formula is C17H20ClNO3. The third-order valence-electron chi connectivity index (χ3n) is 3.56. The minimum Gasteiger partial charge on any atom is -0.504 e. The van der Waals surface area contributed by atoms with Crippen LogP contribution in [-0.2, 0) is 6.54 Å². The van der Waals surface area contributed by atoms with Gasteiger partial charge in [0.2, 0.25) is 0 Å². The normalized spacial score (nSPS) is 13.6. The first-order valence-electron chi connectivity index (χ1n) is 7.04. The number of rotatable bonds is 6. The van der Waals surface area contributed by atoms with Gasteiger partial charge in [-0.25, -0.2) is 0 Å². The fourth-order valence-electron chi connectivity index (χ4n) is 2.18. The first kappa shape index (κ1) is 16.6. The van der Waals surface area contributed by atoms with Gasteiger partial charge in [0.25, 0.3) is 0 Å². The van der Waals surface area contributed by atoms with Gasteiger partial charge in [0, 0.05) is 17.6 Å². The lowest BCUT2D eigenvalue weighted by Crippen LogP contribution is -2.31. The van der Waals surface area contributed by atoms with Crippen molar-refractivity contribution < 1.29 is 14.9 Å². The minimum atomic E-state index is -0.635. The zero-order chi connectivity index (χ0) is 16.1. The molecule has 0 aliphatic heterocycles. The average Bonchev–Trinajstić information content (AvgIpc) is 2.52. The predicted molar refractivity (Wildman–Crippen MR) is 87.4 cm³/mol. The van der Waals surface area contributed by atoms with Gasteiger partial charge in [-0.3, -0.25) is 0 Å². The maximum Gasteiger partial charge on any atom is 0.160 e. The van der Waals surface area contributed by atoms with Gasteiger partial charge in [-0.1, -0.05) is 29.8 Å². The molecule has 0 aliphatic rings. The summed E-state index contributed by atoms with van der Waals surface area (Å²) in [6, 6.07) is 12.2. The van der Waals surface area contributed by atoms with Crippen molar-refractivity contribution >= 4 is 11.6 Å². The molecule has 2 unspecified atom stereocenters. The van der Waals surface area contributed by atoms with Crippen molar-refractivity contribution in [3.8, 4) is 11.5 Å². The standard InChI is InChI=1S/C17H20ClNO3/c1-11(17(21)13-4-6-14(18)7-5-13)19-10-12-3-8-16(22-2)15(20)9-12/h3-9,11,17,19-21H,10H2,1-2H3. The Morgan fingerprint density at radius 3 is 2.45 bits per heavy atom. The predicted octanol–water partition coefficient (Wildman–Crippen LogP) is 3.27. The molecule has 4 nitrogen and oxygen atoms in total. The molecule has 2 rings (SSSR count). The Kier molecular flexibility index (Phi) is 5.66. The van der Waals surface area contributed by atoms with Gasteiger partial charge in [0.05, 0.1) is 13.2 Å². The van der Waals surface area contributed by atoms with Crippen LogP contribution in [0.15, 0.2) is 42.5 Å². The Morgan fingerprint density at radius 1 is 1.18 bits per heavy atom. The lowest BCUT2D eigenvalue weighted by Gasteiger charge is -2.21. The highest BCUT2D eigenvalue weighted by molar-refractivity contribution is 6.30. The molecule has 5 heteroatoms. The molecule has 3 N–H and O–H groups in total. The van der Waals surface area contributed by atoms with Crippen molar-refractivity contribution in [2.75, 3.05) is 7.11 Å². The van der Waals surface area contributed by atoms with E-state index in [1.165, 1.54) is 7.11 Å². The summed E-state index contributed by atoms with van der Waals surface area (Å²) in [5, 5.41) is 24.0. The number of aliphatic hydroxyl groups is 1.